The van der Waals surface area contributed by atoms with E-state index in [0.717, 1.165) is 22.6 Å². The smallest absolute Gasteiger partial charge is 0.244 e. The van der Waals surface area contributed by atoms with Gasteiger partial charge in [-0.25, -0.2) is 4.39 Å². The number of furan rings is 1. The lowest BCUT2D eigenvalue weighted by Crippen LogP contribution is -2.64. The second-order valence-corrected chi connectivity index (χ2v) is 11.2. The quantitative estimate of drug-likeness (QED) is 0.441. The van der Waals surface area contributed by atoms with Gasteiger partial charge in [-0.1, -0.05) is 44.2 Å². The van der Waals surface area contributed by atoms with Crippen molar-refractivity contribution in [2.24, 2.45) is 5.92 Å². The average Bonchev–Trinajstić information content (AvgIpc) is 3.52. The summed E-state index contributed by atoms with van der Waals surface area (Å²) in [5, 5.41) is 3.05. The summed E-state index contributed by atoms with van der Waals surface area (Å²) in [6, 6.07) is 15.9. The number of hydrogen-bond acceptors (Lipinski definition) is 6. The maximum atomic E-state index is 15.2. The highest BCUT2D eigenvalue weighted by Gasteiger charge is 2.40. The fourth-order valence-corrected chi connectivity index (χ4v) is 5.75. The summed E-state index contributed by atoms with van der Waals surface area (Å²) in [6.07, 6.45) is 1.64. The van der Waals surface area contributed by atoms with Gasteiger partial charge in [-0.2, -0.15) is 0 Å². The van der Waals surface area contributed by atoms with Gasteiger partial charge >= 0.3 is 0 Å². The summed E-state index contributed by atoms with van der Waals surface area (Å²) >= 11 is 0. The van der Waals surface area contributed by atoms with Crippen LogP contribution in [0.2, 0.25) is 0 Å². The lowest BCUT2D eigenvalue weighted by atomic mass is 10.0. The number of ether oxygens (including phenoxy) is 1. The van der Waals surface area contributed by atoms with Crippen molar-refractivity contribution in [2.45, 2.75) is 45.9 Å². The molecular formula is C32H39FN4O4. The normalized spacial score (nSPS) is 19.9. The topological polar surface area (TPSA) is 78.3 Å². The summed E-state index contributed by atoms with van der Waals surface area (Å²) in [7, 11) is 0. The van der Waals surface area contributed by atoms with Crippen molar-refractivity contribution in [1.82, 2.24) is 15.1 Å². The van der Waals surface area contributed by atoms with E-state index in [2.05, 4.69) is 15.1 Å². The van der Waals surface area contributed by atoms with Gasteiger partial charge in [-0.05, 0) is 36.8 Å². The predicted molar refractivity (Wildman–Crippen MR) is 156 cm³/mol. The van der Waals surface area contributed by atoms with Crippen molar-refractivity contribution < 1.29 is 23.1 Å². The average molecular weight is 563 g/mol. The van der Waals surface area contributed by atoms with E-state index in [9.17, 15) is 9.59 Å². The van der Waals surface area contributed by atoms with Gasteiger partial charge in [0.25, 0.3) is 0 Å². The molecule has 41 heavy (non-hydrogen) atoms. The second-order valence-electron chi connectivity index (χ2n) is 11.2. The number of benzene rings is 2. The molecule has 8 nitrogen and oxygen atoms in total. The number of halogens is 1. The number of morpholine rings is 1. The zero-order valence-corrected chi connectivity index (χ0v) is 24.0. The van der Waals surface area contributed by atoms with Crippen LogP contribution in [-0.2, 0) is 27.4 Å². The van der Waals surface area contributed by atoms with Crippen LogP contribution in [0.1, 0.15) is 31.9 Å². The molecule has 2 amide bonds. The van der Waals surface area contributed by atoms with Crippen molar-refractivity contribution in [1.29, 1.82) is 0 Å². The lowest BCUT2D eigenvalue weighted by molar-refractivity contribution is -0.150. The van der Waals surface area contributed by atoms with Crippen LogP contribution in [0.5, 0.6) is 0 Å². The second kappa shape index (κ2) is 12.9. The Morgan fingerprint density at radius 2 is 1.78 bits per heavy atom. The number of rotatable bonds is 8. The lowest BCUT2D eigenvalue weighted by Gasteiger charge is -2.46. The molecule has 3 aromatic rings. The van der Waals surface area contributed by atoms with Gasteiger partial charge in [0.05, 0.1) is 19.5 Å². The summed E-state index contributed by atoms with van der Waals surface area (Å²) in [4.78, 5) is 32.9. The fourth-order valence-electron chi connectivity index (χ4n) is 5.75. The molecule has 0 bridgehead atoms. The van der Waals surface area contributed by atoms with Crippen molar-refractivity contribution in [3.8, 4) is 11.3 Å². The van der Waals surface area contributed by atoms with E-state index in [1.165, 1.54) is 6.07 Å². The Balaban J connectivity index is 1.32. The molecule has 0 saturated carbocycles. The maximum absolute atomic E-state index is 15.2. The molecule has 2 aliphatic rings. The molecular weight excluding hydrogens is 523 g/mol. The van der Waals surface area contributed by atoms with Gasteiger partial charge in [0.2, 0.25) is 11.8 Å². The van der Waals surface area contributed by atoms with Crippen molar-refractivity contribution in [2.75, 3.05) is 44.3 Å². The van der Waals surface area contributed by atoms with Crippen molar-refractivity contribution >= 4 is 17.5 Å². The molecule has 1 aromatic heterocycles. The van der Waals surface area contributed by atoms with Crippen LogP contribution < -0.4 is 10.2 Å². The van der Waals surface area contributed by atoms with Gasteiger partial charge in [0.1, 0.15) is 17.6 Å². The highest BCUT2D eigenvalue weighted by atomic mass is 19.1. The zero-order valence-electron chi connectivity index (χ0n) is 24.0. The van der Waals surface area contributed by atoms with E-state index in [1.54, 1.807) is 17.2 Å². The molecule has 3 heterocycles. The van der Waals surface area contributed by atoms with Crippen molar-refractivity contribution in [3.05, 3.63) is 77.8 Å². The molecule has 0 aliphatic carbocycles. The van der Waals surface area contributed by atoms with Crippen LogP contribution in [-0.4, -0.2) is 73.1 Å². The number of nitrogens with zero attached hydrogens (tertiary/aromatic N) is 3. The third kappa shape index (κ3) is 6.63. The van der Waals surface area contributed by atoms with E-state index in [0.29, 0.717) is 58.0 Å². The molecule has 2 aromatic carbocycles. The third-order valence-corrected chi connectivity index (χ3v) is 7.87. The first-order valence-corrected chi connectivity index (χ1v) is 14.4. The van der Waals surface area contributed by atoms with Gasteiger partial charge in [-0.3, -0.25) is 14.5 Å². The maximum Gasteiger partial charge on any atom is 0.244 e. The van der Waals surface area contributed by atoms with E-state index in [1.807, 2.05) is 63.2 Å². The van der Waals surface area contributed by atoms with Crippen LogP contribution in [0.25, 0.3) is 11.3 Å². The number of anilines is 1. The number of hydrogen-bond donors (Lipinski definition) is 1. The van der Waals surface area contributed by atoms with Crippen LogP contribution in [0, 0.1) is 11.7 Å². The van der Waals surface area contributed by atoms with Crippen LogP contribution in [0.15, 0.2) is 65.3 Å². The van der Waals surface area contributed by atoms with E-state index < -0.39 is 6.04 Å². The minimum absolute atomic E-state index is 0.0556. The molecule has 0 radical (unpaired) electrons. The first-order chi connectivity index (χ1) is 19.8. The zero-order chi connectivity index (χ0) is 28.9. The minimum atomic E-state index is -0.686. The third-order valence-electron chi connectivity index (χ3n) is 7.87. The molecule has 2 saturated heterocycles. The number of carbonyl (C=O) groups is 2. The molecule has 218 valence electrons. The number of amides is 2. The molecule has 9 heteroatoms. The van der Waals surface area contributed by atoms with Gasteiger partial charge in [0.15, 0.2) is 0 Å². The molecule has 2 aliphatic heterocycles. The molecule has 0 spiro atoms. The Labute approximate surface area is 241 Å². The molecule has 1 N–H and O–H groups in total. The van der Waals surface area contributed by atoms with Crippen LogP contribution in [0.4, 0.5) is 10.1 Å². The first kappa shape index (κ1) is 28.8. The minimum Gasteiger partial charge on any atom is -0.464 e. The monoisotopic (exact) mass is 562 g/mol. The standard InChI is InChI=1S/C32H39FN4O4/c1-22(2)32(39)37-23(3)19-35(20-26-27(33)6-4-7-28(26)36-13-16-40-17-14-36)21-29(37)31(38)34-18-24-9-11-25(12-10-24)30-8-5-15-41-30/h4-12,15,22-23,29H,13-14,16-21H2,1-3H3,(H,34,38). The molecule has 2 fully saturated rings. The van der Waals surface area contributed by atoms with Gasteiger partial charge < -0.3 is 24.3 Å². The SMILES string of the molecule is CC(C)C(=O)N1C(C)CN(Cc2c(F)cccc2N2CCOCC2)CC1C(=O)NCc1ccc(-c2ccco2)cc1. The van der Waals surface area contributed by atoms with Gasteiger partial charge in [0, 0.05) is 68.0 Å². The highest BCUT2D eigenvalue weighted by molar-refractivity contribution is 5.89. The summed E-state index contributed by atoms with van der Waals surface area (Å²) in [6.45, 7) is 9.85. The van der Waals surface area contributed by atoms with Crippen LogP contribution >= 0.6 is 0 Å². The summed E-state index contributed by atoms with van der Waals surface area (Å²) in [5.41, 5.74) is 3.37. The Morgan fingerprint density at radius 3 is 2.46 bits per heavy atom. The van der Waals surface area contributed by atoms with E-state index in [-0.39, 0.29) is 29.6 Å². The first-order valence-electron chi connectivity index (χ1n) is 14.4. The van der Waals surface area contributed by atoms with E-state index >= 15 is 4.39 Å². The Bertz CT molecular complexity index is 1320. The summed E-state index contributed by atoms with van der Waals surface area (Å²) in [5.74, 6) is 0.00759. The summed E-state index contributed by atoms with van der Waals surface area (Å²) < 4.78 is 26.2. The largest absolute Gasteiger partial charge is 0.464 e. The highest BCUT2D eigenvalue weighted by Crippen LogP contribution is 2.28. The molecule has 5 rings (SSSR count). The Morgan fingerprint density at radius 1 is 1.02 bits per heavy atom. The van der Waals surface area contributed by atoms with Crippen molar-refractivity contribution in [3.63, 3.8) is 0 Å². The van der Waals surface area contributed by atoms with Crippen LogP contribution in [0.3, 0.4) is 0 Å². The predicted octanol–water partition coefficient (Wildman–Crippen LogP) is 4.30. The molecule has 2 unspecified atom stereocenters. The number of piperazine rings is 1. The Kier molecular flexibility index (Phi) is 9.05. The fraction of sp³-hybridized carbons (Fsp3) is 0.438. The van der Waals surface area contributed by atoms with E-state index in [4.69, 9.17) is 9.15 Å². The van der Waals surface area contributed by atoms with Gasteiger partial charge in [-0.15, -0.1) is 0 Å². The molecule has 2 atom stereocenters. The number of nitrogens with one attached hydrogen (secondary N) is 1. The number of carbonyl (C=O) groups excluding carboxylic acids is 2. The Hall–Kier alpha value is -3.69.